The van der Waals surface area contributed by atoms with E-state index in [9.17, 15) is 13.2 Å². The lowest BCUT2D eigenvalue weighted by Gasteiger charge is -2.37. The van der Waals surface area contributed by atoms with Crippen molar-refractivity contribution in [3.05, 3.63) is 64.4 Å². The maximum absolute atomic E-state index is 13.1. The number of rotatable bonds is 5. The van der Waals surface area contributed by atoms with Gasteiger partial charge < -0.3 is 4.90 Å². The maximum atomic E-state index is 13.1. The van der Waals surface area contributed by atoms with Crippen molar-refractivity contribution >= 4 is 44.6 Å². The van der Waals surface area contributed by atoms with Crippen LogP contribution in [0.4, 0.5) is 5.69 Å². The number of amides is 1. The van der Waals surface area contributed by atoms with Gasteiger partial charge in [-0.15, -0.1) is 0 Å². The number of halogens is 2. The van der Waals surface area contributed by atoms with Crippen LogP contribution >= 0.6 is 23.2 Å². The van der Waals surface area contributed by atoms with Gasteiger partial charge in [0, 0.05) is 37.4 Å². The van der Waals surface area contributed by atoms with Crippen molar-refractivity contribution in [1.29, 1.82) is 0 Å². The van der Waals surface area contributed by atoms with Gasteiger partial charge in [-0.25, -0.2) is 8.42 Å². The summed E-state index contributed by atoms with van der Waals surface area (Å²) in [6.07, 6.45) is 7.07. The number of piperazine rings is 1. The van der Waals surface area contributed by atoms with E-state index in [1.54, 1.807) is 50.4 Å². The fourth-order valence-corrected chi connectivity index (χ4v) is 4.76. The number of allylic oxidation sites excluding steroid dienone is 3. The van der Waals surface area contributed by atoms with E-state index in [1.807, 2.05) is 22.0 Å². The number of hydrogen-bond acceptors (Lipinski definition) is 5. The minimum atomic E-state index is -3.14. The Morgan fingerprint density at radius 2 is 1.77 bits per heavy atom. The first-order valence-corrected chi connectivity index (χ1v) is 12.2. The number of carbonyl (C=O) groups is 1. The summed E-state index contributed by atoms with van der Waals surface area (Å²) >= 11 is 12.6. The topological polar surface area (TPSA) is 60.9 Å². The SMILES string of the molecule is CC(C)S(=O)(=O)CN1CCN(C2=C(Cl)C(=O)N(c3cccc(Cl)c3)/C=C\C=C2)CC1. The van der Waals surface area contributed by atoms with Crippen LogP contribution in [0, 0.1) is 0 Å². The molecule has 0 atom stereocenters. The molecule has 0 radical (unpaired) electrons. The predicted octanol–water partition coefficient (Wildman–Crippen LogP) is 3.61. The molecule has 0 aliphatic carbocycles. The van der Waals surface area contributed by atoms with E-state index in [1.165, 1.54) is 4.90 Å². The largest absolute Gasteiger partial charge is 0.368 e. The normalized spacial score (nSPS) is 20.0. The highest BCUT2D eigenvalue weighted by Crippen LogP contribution is 2.27. The number of carbonyl (C=O) groups excluding carboxylic acids is 1. The van der Waals surface area contributed by atoms with Crippen LogP contribution in [-0.4, -0.2) is 61.4 Å². The van der Waals surface area contributed by atoms with Crippen LogP contribution in [0.5, 0.6) is 0 Å². The first-order valence-electron chi connectivity index (χ1n) is 9.71. The average molecular weight is 470 g/mol. The number of nitrogens with zero attached hydrogens (tertiary/aromatic N) is 3. The van der Waals surface area contributed by atoms with Crippen molar-refractivity contribution in [3.63, 3.8) is 0 Å². The van der Waals surface area contributed by atoms with Crippen LogP contribution in [0.3, 0.4) is 0 Å². The molecule has 3 rings (SSSR count). The monoisotopic (exact) mass is 469 g/mol. The third kappa shape index (κ3) is 5.27. The van der Waals surface area contributed by atoms with E-state index in [4.69, 9.17) is 23.2 Å². The summed E-state index contributed by atoms with van der Waals surface area (Å²) in [6.45, 7) is 5.71. The standard InChI is InChI=1S/C21H25Cl2N3O3S/c1-16(2)30(28,29)15-24-10-12-25(13-11-24)19-8-3-4-9-26(21(27)20(19)23)18-7-5-6-17(22)14-18/h3-9,14,16H,10-13,15H2,1-2H3/b8-3?,9-4-,20-19?. The molecule has 9 heteroatoms. The Morgan fingerprint density at radius 3 is 2.40 bits per heavy atom. The van der Waals surface area contributed by atoms with Gasteiger partial charge in [0.1, 0.15) is 10.9 Å². The van der Waals surface area contributed by atoms with Crippen molar-refractivity contribution < 1.29 is 13.2 Å². The van der Waals surface area contributed by atoms with Crippen LogP contribution < -0.4 is 4.90 Å². The van der Waals surface area contributed by atoms with Crippen molar-refractivity contribution in [2.75, 3.05) is 37.0 Å². The van der Waals surface area contributed by atoms with Gasteiger partial charge in [0.05, 0.1) is 16.6 Å². The Hall–Kier alpha value is -1.80. The van der Waals surface area contributed by atoms with E-state index in [2.05, 4.69) is 0 Å². The zero-order valence-corrected chi connectivity index (χ0v) is 19.3. The van der Waals surface area contributed by atoms with Crippen molar-refractivity contribution in [1.82, 2.24) is 9.80 Å². The van der Waals surface area contributed by atoms with Gasteiger partial charge in [-0.1, -0.05) is 35.3 Å². The zero-order chi connectivity index (χ0) is 21.9. The molecular formula is C21H25Cl2N3O3S. The van der Waals surface area contributed by atoms with Gasteiger partial charge >= 0.3 is 0 Å². The Labute approximate surface area is 187 Å². The molecule has 2 heterocycles. The van der Waals surface area contributed by atoms with Gasteiger partial charge in [-0.05, 0) is 44.2 Å². The Morgan fingerprint density at radius 1 is 1.07 bits per heavy atom. The lowest BCUT2D eigenvalue weighted by atomic mass is 10.2. The molecule has 162 valence electrons. The van der Waals surface area contributed by atoms with Crippen LogP contribution in [0.1, 0.15) is 13.8 Å². The minimum absolute atomic E-state index is 0.0470. The van der Waals surface area contributed by atoms with Gasteiger partial charge in [0.25, 0.3) is 5.91 Å². The van der Waals surface area contributed by atoms with Gasteiger partial charge in [0.15, 0.2) is 9.84 Å². The summed E-state index contributed by atoms with van der Waals surface area (Å²) in [5, 5.41) is 0.237. The van der Waals surface area contributed by atoms with Gasteiger partial charge in [-0.2, -0.15) is 0 Å². The van der Waals surface area contributed by atoms with Crippen LogP contribution in [0.25, 0.3) is 0 Å². The highest BCUT2D eigenvalue weighted by Gasteiger charge is 2.28. The number of anilines is 1. The van der Waals surface area contributed by atoms with Gasteiger partial charge in [0.2, 0.25) is 0 Å². The summed E-state index contributed by atoms with van der Waals surface area (Å²) in [5.74, 6) is -0.301. The molecule has 2 aliphatic rings. The lowest BCUT2D eigenvalue weighted by molar-refractivity contribution is -0.114. The van der Waals surface area contributed by atoms with E-state index in [0.717, 1.165) is 0 Å². The second-order valence-electron chi connectivity index (χ2n) is 7.50. The molecule has 1 fully saturated rings. The summed E-state index contributed by atoms with van der Waals surface area (Å²) in [6, 6.07) is 7.01. The molecule has 2 aliphatic heterocycles. The van der Waals surface area contributed by atoms with Crippen molar-refractivity contribution in [2.45, 2.75) is 19.1 Å². The number of benzene rings is 1. The third-order valence-corrected chi connectivity index (χ3v) is 7.86. The fourth-order valence-electron chi connectivity index (χ4n) is 3.23. The predicted molar refractivity (Wildman–Crippen MR) is 122 cm³/mol. The lowest BCUT2D eigenvalue weighted by Crippen LogP contribution is -2.48. The third-order valence-electron chi connectivity index (χ3n) is 5.11. The highest BCUT2D eigenvalue weighted by molar-refractivity contribution is 7.91. The van der Waals surface area contributed by atoms with Crippen molar-refractivity contribution in [2.24, 2.45) is 0 Å². The maximum Gasteiger partial charge on any atom is 0.275 e. The minimum Gasteiger partial charge on any atom is -0.368 e. The highest BCUT2D eigenvalue weighted by atomic mass is 35.5. The molecule has 1 aromatic carbocycles. The summed E-state index contributed by atoms with van der Waals surface area (Å²) in [5.41, 5.74) is 1.25. The molecule has 0 spiro atoms. The van der Waals surface area contributed by atoms with E-state index >= 15 is 0 Å². The first kappa shape index (κ1) is 22.9. The molecule has 0 unspecified atom stereocenters. The fraction of sp³-hybridized carbons (Fsp3) is 0.381. The summed E-state index contributed by atoms with van der Waals surface area (Å²) in [4.78, 5) is 18.5. The molecule has 0 bridgehead atoms. The number of hydrogen-bond donors (Lipinski definition) is 0. The number of sulfone groups is 1. The molecule has 1 amide bonds. The molecule has 0 aromatic heterocycles. The van der Waals surface area contributed by atoms with Crippen LogP contribution in [0.2, 0.25) is 5.02 Å². The molecule has 6 nitrogen and oxygen atoms in total. The first-order chi connectivity index (χ1) is 14.2. The summed E-state index contributed by atoms with van der Waals surface area (Å²) in [7, 11) is -3.14. The molecule has 30 heavy (non-hydrogen) atoms. The summed E-state index contributed by atoms with van der Waals surface area (Å²) < 4.78 is 24.4. The Bertz CT molecular complexity index is 995. The van der Waals surface area contributed by atoms with Crippen molar-refractivity contribution in [3.8, 4) is 0 Å². The van der Waals surface area contributed by atoms with E-state index in [0.29, 0.717) is 42.6 Å². The molecule has 0 saturated carbocycles. The Kier molecular flexibility index (Phi) is 7.29. The smallest absolute Gasteiger partial charge is 0.275 e. The van der Waals surface area contributed by atoms with Crippen LogP contribution in [-0.2, 0) is 14.6 Å². The Balaban J connectivity index is 1.77. The zero-order valence-electron chi connectivity index (χ0n) is 17.0. The van der Waals surface area contributed by atoms with Gasteiger partial charge in [-0.3, -0.25) is 14.6 Å². The second kappa shape index (κ2) is 9.56. The van der Waals surface area contributed by atoms with E-state index < -0.39 is 15.1 Å². The molecule has 1 aromatic rings. The molecule has 1 saturated heterocycles. The second-order valence-corrected chi connectivity index (χ2v) is 10.8. The van der Waals surface area contributed by atoms with E-state index in [-0.39, 0.29) is 16.8 Å². The molecular weight excluding hydrogens is 445 g/mol. The van der Waals surface area contributed by atoms with Crippen LogP contribution in [0.15, 0.2) is 59.4 Å². The average Bonchev–Trinajstić information content (AvgIpc) is 2.69. The quantitative estimate of drug-likeness (QED) is 0.658. The molecule has 0 N–H and O–H groups in total.